The fourth-order valence-corrected chi connectivity index (χ4v) is 11.9. The highest BCUT2D eigenvalue weighted by Crippen LogP contribution is 2.43. The van der Waals surface area contributed by atoms with Gasteiger partial charge in [-0.1, -0.05) is 53.2 Å². The standard InChI is InChI=1S/C59H67BClN7O15S2/c1-34(55(72)82-60)83-65-47(44-33-85-57(62-44)64-58(74)81-59(2,3)4)51(69)63-48-53(71)67-49(56(73)80-31-37-14-20-42(77-9)21-15-37)38(32-84-54(48)67)28-68(5,6)39-24-26-66(27-25-39)52(70)43-22-23-45(78-29-35-10-16-40(75-7)17-11-35)50(46(43)61)79-30-36-12-18-41(76-8)19-13-36/h10-23,33-34,39,48,54H,24-32,60H2,1-9H3,(H-,62,63,64,69,74)/p+1/b65-47-/t34-,48-,54-/m1/s1. The number of carbonyl (C=O) groups is 6. The average molecular weight is 1230 g/mol. The first-order valence-electron chi connectivity index (χ1n) is 27.1. The molecule has 85 heavy (non-hydrogen) atoms. The van der Waals surface area contributed by atoms with Gasteiger partial charge in [-0.3, -0.25) is 24.6 Å². The van der Waals surface area contributed by atoms with Crippen LogP contribution in [0.5, 0.6) is 28.7 Å². The fourth-order valence-electron chi connectivity index (χ4n) is 9.59. The van der Waals surface area contributed by atoms with Crippen molar-refractivity contribution < 1.29 is 75.9 Å². The number of hydrogen-bond donors (Lipinski definition) is 2. The zero-order valence-corrected chi connectivity index (χ0v) is 51.3. The van der Waals surface area contributed by atoms with Crippen LogP contribution >= 0.6 is 34.7 Å². The Morgan fingerprint density at radius 2 is 1.41 bits per heavy atom. The molecular weight excluding hydrogens is 1160 g/mol. The van der Waals surface area contributed by atoms with Gasteiger partial charge in [-0.25, -0.2) is 19.4 Å². The van der Waals surface area contributed by atoms with Gasteiger partial charge in [0.05, 0.1) is 52.1 Å². The maximum atomic E-state index is 14.5. The number of ether oxygens (including phenoxy) is 7. The van der Waals surface area contributed by atoms with Crippen molar-refractivity contribution in [2.75, 3.05) is 66.1 Å². The van der Waals surface area contributed by atoms with E-state index in [0.717, 1.165) is 22.5 Å². The van der Waals surface area contributed by atoms with Crippen molar-refractivity contribution in [3.8, 4) is 28.7 Å². The van der Waals surface area contributed by atoms with E-state index >= 15 is 0 Å². The number of esters is 1. The molecule has 4 heterocycles. The predicted molar refractivity (Wildman–Crippen MR) is 321 cm³/mol. The predicted octanol–water partition coefficient (Wildman–Crippen LogP) is 7.31. The number of fused-ring (bicyclic) bond motifs is 1. The van der Waals surface area contributed by atoms with Crippen LogP contribution in [0.15, 0.2) is 107 Å². The van der Waals surface area contributed by atoms with Gasteiger partial charge < -0.3 is 57.3 Å². The van der Waals surface area contributed by atoms with Gasteiger partial charge in [0.2, 0.25) is 6.10 Å². The highest BCUT2D eigenvalue weighted by atomic mass is 35.5. The van der Waals surface area contributed by atoms with E-state index in [1.54, 1.807) is 83.4 Å². The number of piperidine rings is 1. The Morgan fingerprint density at radius 1 is 0.835 bits per heavy atom. The molecule has 0 saturated carbocycles. The number of nitrogens with zero attached hydrogens (tertiary/aromatic N) is 5. The highest BCUT2D eigenvalue weighted by molar-refractivity contribution is 8.00. The normalized spacial score (nSPS) is 16.7. The summed E-state index contributed by atoms with van der Waals surface area (Å²) >= 11 is 9.46. The van der Waals surface area contributed by atoms with Crippen LogP contribution in [0.25, 0.3) is 0 Å². The van der Waals surface area contributed by atoms with Gasteiger partial charge in [0, 0.05) is 42.6 Å². The van der Waals surface area contributed by atoms with Crippen molar-refractivity contribution in [2.24, 2.45) is 5.16 Å². The van der Waals surface area contributed by atoms with E-state index in [9.17, 15) is 28.8 Å². The SMILES string of the molecule is BOC(=O)[C@@H](C)O/N=C(\C(=O)N[C@@H]1C(=O)N2C(C(=O)OCc3ccc(OC)cc3)=C(C[N+](C)(C)C3CCN(C(=O)c4ccc(OCc5ccc(OC)cc5)c(OCc5ccc(OC)cc5)c4Cl)CC3)CS[C@H]12)c1csc(NC(=O)OC(C)(C)C)n1. The Bertz CT molecular complexity index is 3310. The van der Waals surface area contributed by atoms with Crippen molar-refractivity contribution in [1.82, 2.24) is 20.1 Å². The maximum Gasteiger partial charge on any atom is 0.413 e. The number of oxime groups is 1. The number of anilines is 1. The molecule has 2 fully saturated rings. The molecule has 5 aromatic rings. The van der Waals surface area contributed by atoms with Gasteiger partial charge in [-0.05, 0) is 92.9 Å². The summed E-state index contributed by atoms with van der Waals surface area (Å²) < 4.78 is 45.0. The third-order valence-corrected chi connectivity index (χ3v) is 16.7. The smallest absolute Gasteiger partial charge is 0.413 e. The zero-order chi connectivity index (χ0) is 61.2. The third kappa shape index (κ3) is 15.7. The molecule has 26 heteroatoms. The third-order valence-electron chi connectivity index (χ3n) is 14.2. The maximum absolute atomic E-state index is 14.5. The van der Waals surface area contributed by atoms with Crippen LogP contribution in [0.3, 0.4) is 0 Å². The van der Waals surface area contributed by atoms with Crippen LogP contribution in [-0.4, -0.2) is 159 Å². The summed E-state index contributed by atoms with van der Waals surface area (Å²) in [5.74, 6) is -0.324. The summed E-state index contributed by atoms with van der Waals surface area (Å²) in [6.07, 6.45) is -0.825. The minimum absolute atomic E-state index is 0.00922. The van der Waals surface area contributed by atoms with Gasteiger partial charge in [0.1, 0.15) is 72.0 Å². The molecule has 2 N–H and O–H groups in total. The number of halogens is 1. The van der Waals surface area contributed by atoms with Crippen molar-refractivity contribution in [1.29, 1.82) is 0 Å². The number of thiazole rings is 1. The first kappa shape index (κ1) is 63.0. The zero-order valence-electron chi connectivity index (χ0n) is 48.9. The number of rotatable bonds is 23. The lowest BCUT2D eigenvalue weighted by molar-refractivity contribution is -0.911. The van der Waals surface area contributed by atoms with Gasteiger partial charge >= 0.3 is 26.1 Å². The van der Waals surface area contributed by atoms with E-state index < -0.39 is 58.7 Å². The van der Waals surface area contributed by atoms with Crippen molar-refractivity contribution in [2.45, 2.75) is 89.5 Å². The second-order valence-electron chi connectivity index (χ2n) is 21.6. The van der Waals surface area contributed by atoms with Gasteiger partial charge in [0.15, 0.2) is 22.3 Å². The average Bonchev–Trinajstić information content (AvgIpc) is 1.04. The van der Waals surface area contributed by atoms with Crippen LogP contribution in [0.2, 0.25) is 5.02 Å². The molecule has 0 unspecified atom stereocenters. The molecular formula is C59H68BClN7O15S2+. The molecule has 22 nitrogen and oxygen atoms in total. The molecule has 4 aromatic carbocycles. The Hall–Kier alpha value is -8.00. The molecule has 3 aliphatic heterocycles. The van der Waals surface area contributed by atoms with E-state index in [0.29, 0.717) is 76.8 Å². The van der Waals surface area contributed by atoms with E-state index in [2.05, 4.69) is 34.9 Å². The first-order chi connectivity index (χ1) is 40.6. The van der Waals surface area contributed by atoms with Gasteiger partial charge in [-0.15, -0.1) is 23.1 Å². The number of amides is 4. The first-order valence-corrected chi connectivity index (χ1v) is 29.4. The minimum atomic E-state index is -1.24. The number of hydrogen-bond acceptors (Lipinski definition) is 19. The summed E-state index contributed by atoms with van der Waals surface area (Å²) in [4.78, 5) is 95.3. The van der Waals surface area contributed by atoms with Crippen LogP contribution in [0.4, 0.5) is 9.93 Å². The van der Waals surface area contributed by atoms with Crippen LogP contribution in [0, 0.1) is 0 Å². The second-order valence-corrected chi connectivity index (χ2v) is 23.9. The van der Waals surface area contributed by atoms with Crippen molar-refractivity contribution in [3.63, 3.8) is 0 Å². The lowest BCUT2D eigenvalue weighted by atomic mass is 9.98. The highest BCUT2D eigenvalue weighted by Gasteiger charge is 2.55. The topological polar surface area (TPSA) is 241 Å². The van der Waals surface area contributed by atoms with Crippen LogP contribution in [0.1, 0.15) is 73.3 Å². The van der Waals surface area contributed by atoms with Crippen LogP contribution in [-0.2, 0) is 58.0 Å². The second kappa shape index (κ2) is 27.8. The number of thioether (sulfide) groups is 1. The number of aromatic nitrogens is 1. The summed E-state index contributed by atoms with van der Waals surface area (Å²) in [7, 11) is 10.0. The molecule has 8 rings (SSSR count). The number of likely N-dealkylation sites (N-methyl/N-ethyl adjacent to an activating group) is 1. The molecule has 0 spiro atoms. The number of methoxy groups -OCH3 is 3. The lowest BCUT2D eigenvalue weighted by Gasteiger charge is -2.50. The molecule has 0 aliphatic carbocycles. The Balaban J connectivity index is 0.987. The van der Waals surface area contributed by atoms with Gasteiger partial charge in [0.25, 0.3) is 17.7 Å². The number of benzene rings is 4. The largest absolute Gasteiger partial charge is 0.541 e. The number of quaternary nitrogens is 1. The molecule has 0 radical (unpaired) electrons. The monoisotopic (exact) mass is 1220 g/mol. The number of carbonyl (C=O) groups excluding carboxylic acids is 6. The molecule has 3 aliphatic rings. The molecule has 4 amide bonds. The molecule has 1 aromatic heterocycles. The molecule has 450 valence electrons. The Labute approximate surface area is 507 Å². The molecule has 3 atom stereocenters. The summed E-state index contributed by atoms with van der Waals surface area (Å²) in [6, 6.07) is 24.1. The number of β-lactam (4-membered cyclic amide) rings is 1. The Morgan fingerprint density at radius 3 is 1.98 bits per heavy atom. The number of nitrogens with one attached hydrogen (secondary N) is 2. The van der Waals surface area contributed by atoms with E-state index in [-0.39, 0.29) is 64.6 Å². The molecule has 2 saturated heterocycles. The van der Waals surface area contributed by atoms with E-state index in [4.69, 9.17) is 54.3 Å². The summed E-state index contributed by atoms with van der Waals surface area (Å²) in [6.45, 7) is 7.84. The quantitative estimate of drug-likeness (QED) is 0.0163. The minimum Gasteiger partial charge on any atom is -0.541 e. The van der Waals surface area contributed by atoms with Crippen LogP contribution < -0.4 is 34.3 Å². The summed E-state index contributed by atoms with van der Waals surface area (Å²) in [5.41, 5.74) is 2.14. The summed E-state index contributed by atoms with van der Waals surface area (Å²) in [5, 5.41) is 10.1. The van der Waals surface area contributed by atoms with Crippen molar-refractivity contribution >= 4 is 89.3 Å². The van der Waals surface area contributed by atoms with E-state index in [1.807, 2.05) is 48.5 Å². The lowest BCUT2D eigenvalue weighted by Crippen LogP contribution is -2.71. The Kier molecular flexibility index (Phi) is 20.6. The van der Waals surface area contributed by atoms with Gasteiger partial charge in [-0.2, -0.15) is 0 Å². The fraction of sp³-hybridized carbons (Fsp3) is 0.390. The number of likely N-dealkylation sites (tertiary alicyclic amines) is 1. The van der Waals surface area contributed by atoms with E-state index in [1.165, 1.54) is 37.0 Å². The van der Waals surface area contributed by atoms with Crippen molar-refractivity contribution in [3.05, 3.63) is 135 Å². The molecule has 0 bridgehead atoms.